The van der Waals surface area contributed by atoms with Gasteiger partial charge in [0.25, 0.3) is 0 Å². The van der Waals surface area contributed by atoms with E-state index < -0.39 is 0 Å². The quantitative estimate of drug-likeness (QED) is 0.110. The predicted octanol–water partition coefficient (Wildman–Crippen LogP) is 15.5. The Morgan fingerprint density at radius 2 is 0.542 bits per heavy atom. The molecule has 0 aliphatic rings. The van der Waals surface area contributed by atoms with Gasteiger partial charge in [-0.25, -0.2) is 0 Å². The van der Waals surface area contributed by atoms with Crippen molar-refractivity contribution in [2.75, 3.05) is 0 Å². The molecule has 10 rings (SSSR count). The van der Waals surface area contributed by atoms with Gasteiger partial charge < -0.3 is 0 Å². The Kier molecular flexibility index (Phi) is 11.9. The van der Waals surface area contributed by atoms with Crippen LogP contribution in [0.5, 0.6) is 0 Å². The van der Waals surface area contributed by atoms with Crippen LogP contribution in [0.2, 0.25) is 0 Å². The summed E-state index contributed by atoms with van der Waals surface area (Å²) < 4.78 is 0. The third kappa shape index (κ3) is 7.62. The number of benzene rings is 10. The lowest BCUT2D eigenvalue weighted by atomic mass is 9.82. The molecule has 0 bridgehead atoms. The van der Waals surface area contributed by atoms with E-state index in [1.54, 1.807) is 0 Å². The van der Waals surface area contributed by atoms with Gasteiger partial charge in [-0.15, -0.1) is 51.4 Å². The Hall–Kier alpha value is -10.8. The van der Waals surface area contributed by atoms with Crippen LogP contribution in [0.15, 0.2) is 182 Å². The molecular formula is C72H38. The summed E-state index contributed by atoms with van der Waals surface area (Å²) in [6.45, 7) is 0. The second kappa shape index (κ2) is 19.1. The van der Waals surface area contributed by atoms with Crippen LogP contribution in [0, 0.1) is 98.8 Å². The maximum Gasteiger partial charge on any atom is 0.0477 e. The van der Waals surface area contributed by atoms with E-state index in [0.29, 0.717) is 44.5 Å². The zero-order valence-electron chi connectivity index (χ0n) is 38.9. The molecule has 10 aromatic rings. The van der Waals surface area contributed by atoms with Gasteiger partial charge in [-0.1, -0.05) is 175 Å². The molecule has 0 fully saturated rings. The van der Waals surface area contributed by atoms with Crippen molar-refractivity contribution in [2.24, 2.45) is 0 Å². The molecule has 10 aromatic carbocycles. The highest BCUT2D eigenvalue weighted by Crippen LogP contribution is 2.47. The standard InChI is InChI=1S/C72H38/c1-9-47-26-22-36-61(57(47)13-5)52-40-41-65(64-39-25-29-50(12-4)60(64)16-8)70(46-52)51-30-21-31-53(42-51)71-66-32-17-19-34-68(66)72(69-35-20-18-33-67(69)71)56-44-54(62-37-23-27-48(10-2)58(62)14-6)43-55(45-56)63-38-24-28-49(11-3)59(63)15-7/h1-8,17-46H. The molecule has 0 N–H and O–H groups in total. The van der Waals surface area contributed by atoms with E-state index in [9.17, 15) is 0 Å². The first-order chi connectivity index (χ1) is 35.4. The molecule has 0 heteroatoms. The molecule has 0 aliphatic heterocycles. The van der Waals surface area contributed by atoms with Gasteiger partial charge in [0, 0.05) is 44.5 Å². The average Bonchev–Trinajstić information content (AvgIpc) is 3.44. The Morgan fingerprint density at radius 3 is 0.972 bits per heavy atom. The largest absolute Gasteiger partial charge is 0.115 e. The fourth-order valence-electron chi connectivity index (χ4n) is 10.1. The zero-order valence-corrected chi connectivity index (χ0v) is 38.9. The minimum Gasteiger partial charge on any atom is -0.115 e. The smallest absolute Gasteiger partial charge is 0.0477 e. The maximum atomic E-state index is 6.21. The number of terminal acetylenes is 8. The van der Waals surface area contributed by atoms with Crippen LogP contribution in [0.1, 0.15) is 44.5 Å². The lowest BCUT2D eigenvalue weighted by Gasteiger charge is -2.20. The summed E-state index contributed by atoms with van der Waals surface area (Å²) in [5.41, 5.74) is 18.0. The molecular weight excluding hydrogens is 865 g/mol. The van der Waals surface area contributed by atoms with Gasteiger partial charge in [0.05, 0.1) is 0 Å². The second-order valence-electron chi connectivity index (χ2n) is 17.0. The number of hydrogen-bond donors (Lipinski definition) is 0. The predicted molar refractivity (Wildman–Crippen MR) is 303 cm³/mol. The van der Waals surface area contributed by atoms with Gasteiger partial charge in [-0.3, -0.25) is 0 Å². The summed E-state index contributed by atoms with van der Waals surface area (Å²) in [7, 11) is 0. The lowest BCUT2D eigenvalue weighted by molar-refractivity contribution is 1.52. The van der Waals surface area contributed by atoms with Crippen LogP contribution in [0.4, 0.5) is 0 Å². The summed E-state index contributed by atoms with van der Waals surface area (Å²) in [6, 6.07) is 61.7. The van der Waals surface area contributed by atoms with Crippen LogP contribution in [-0.4, -0.2) is 0 Å². The van der Waals surface area contributed by atoms with Crippen molar-refractivity contribution in [3.63, 3.8) is 0 Å². The van der Waals surface area contributed by atoms with Crippen molar-refractivity contribution in [1.82, 2.24) is 0 Å². The molecule has 0 amide bonds. The first-order valence-corrected chi connectivity index (χ1v) is 23.0. The maximum absolute atomic E-state index is 6.21. The van der Waals surface area contributed by atoms with Gasteiger partial charge in [0.2, 0.25) is 0 Å². The molecule has 0 heterocycles. The van der Waals surface area contributed by atoms with Crippen molar-refractivity contribution >= 4 is 21.5 Å². The highest BCUT2D eigenvalue weighted by molar-refractivity contribution is 6.22. The first-order valence-electron chi connectivity index (χ1n) is 23.0. The minimum atomic E-state index is 0.633. The van der Waals surface area contributed by atoms with E-state index >= 15 is 0 Å². The third-order valence-corrected chi connectivity index (χ3v) is 13.3. The summed E-state index contributed by atoms with van der Waals surface area (Å²) >= 11 is 0. The van der Waals surface area contributed by atoms with Gasteiger partial charge >= 0.3 is 0 Å². The second-order valence-corrected chi connectivity index (χ2v) is 17.0. The Labute approximate surface area is 422 Å². The zero-order chi connectivity index (χ0) is 49.9. The lowest BCUT2D eigenvalue weighted by Crippen LogP contribution is -1.96. The van der Waals surface area contributed by atoms with Gasteiger partial charge in [-0.2, -0.15) is 0 Å². The van der Waals surface area contributed by atoms with Gasteiger partial charge in [0.1, 0.15) is 0 Å². The van der Waals surface area contributed by atoms with E-state index in [-0.39, 0.29) is 0 Å². The Morgan fingerprint density at radius 1 is 0.208 bits per heavy atom. The molecule has 72 heavy (non-hydrogen) atoms. The van der Waals surface area contributed by atoms with Gasteiger partial charge in [0.15, 0.2) is 0 Å². The normalized spacial score (nSPS) is 10.4. The molecule has 0 unspecified atom stereocenters. The Balaban J connectivity index is 1.25. The fraction of sp³-hybridized carbons (Fsp3) is 0. The highest BCUT2D eigenvalue weighted by Gasteiger charge is 2.22. The van der Waals surface area contributed by atoms with E-state index in [1.165, 1.54) is 0 Å². The summed E-state index contributed by atoms with van der Waals surface area (Å²) in [4.78, 5) is 0. The highest BCUT2D eigenvalue weighted by atomic mass is 14.2. The van der Waals surface area contributed by atoms with E-state index in [4.69, 9.17) is 51.4 Å². The third-order valence-electron chi connectivity index (χ3n) is 13.3. The summed E-state index contributed by atoms with van der Waals surface area (Å²) in [5, 5.41) is 4.21. The first kappa shape index (κ1) is 45.0. The molecule has 0 saturated heterocycles. The molecule has 0 aliphatic carbocycles. The van der Waals surface area contributed by atoms with E-state index in [0.717, 1.165) is 99.4 Å². The summed E-state index contributed by atoms with van der Waals surface area (Å²) in [6.07, 6.45) is 48.7. The molecule has 0 saturated carbocycles. The van der Waals surface area contributed by atoms with Crippen LogP contribution in [-0.2, 0) is 0 Å². The Bertz CT molecular complexity index is 4140. The molecule has 0 atom stereocenters. The van der Waals surface area contributed by atoms with Crippen molar-refractivity contribution < 1.29 is 0 Å². The van der Waals surface area contributed by atoms with Crippen LogP contribution < -0.4 is 0 Å². The van der Waals surface area contributed by atoms with Crippen molar-refractivity contribution in [2.45, 2.75) is 0 Å². The number of hydrogen-bond acceptors (Lipinski definition) is 0. The molecule has 0 spiro atoms. The SMILES string of the molecule is C#Cc1cccc(-c2cc(-c3cccc(C#C)c3C#C)cc(-c3c4ccccc4c(-c4cccc(-c5cc(-c6cccc(C#C)c6C#C)ccc5-c5cccc(C#C)c5C#C)c4)c4ccccc34)c2)c1C#C. The van der Waals surface area contributed by atoms with Crippen molar-refractivity contribution in [3.05, 3.63) is 226 Å². The molecule has 326 valence electrons. The van der Waals surface area contributed by atoms with E-state index in [2.05, 4.69) is 157 Å². The van der Waals surface area contributed by atoms with E-state index in [1.807, 2.05) is 72.8 Å². The van der Waals surface area contributed by atoms with Crippen LogP contribution in [0.25, 0.3) is 99.4 Å². The average molecular weight is 903 g/mol. The van der Waals surface area contributed by atoms with Crippen molar-refractivity contribution in [1.29, 1.82) is 0 Å². The molecule has 0 nitrogen and oxygen atoms in total. The fourth-order valence-corrected chi connectivity index (χ4v) is 10.1. The van der Waals surface area contributed by atoms with Gasteiger partial charge in [-0.05, 0) is 154 Å². The molecule has 0 aromatic heterocycles. The number of rotatable bonds is 7. The summed E-state index contributed by atoms with van der Waals surface area (Å²) in [5.74, 6) is 22.6. The topological polar surface area (TPSA) is 0 Å². The minimum absolute atomic E-state index is 0.633. The van der Waals surface area contributed by atoms with Crippen LogP contribution in [0.3, 0.4) is 0 Å². The van der Waals surface area contributed by atoms with Crippen LogP contribution >= 0.6 is 0 Å². The number of fused-ring (bicyclic) bond motifs is 2. The monoisotopic (exact) mass is 902 g/mol. The van der Waals surface area contributed by atoms with Crippen molar-refractivity contribution in [3.8, 4) is 177 Å². The molecule has 0 radical (unpaired) electrons.